The molecule has 0 amide bonds. The van der Waals surface area contributed by atoms with Gasteiger partial charge in [-0.3, -0.25) is 0 Å². The molecule has 0 bridgehead atoms. The Kier molecular flexibility index (Phi) is 6.69. The fourth-order valence-electron chi connectivity index (χ4n) is 4.83. The van der Waals surface area contributed by atoms with Crippen LogP contribution in [-0.4, -0.2) is 43.2 Å². The van der Waals surface area contributed by atoms with E-state index in [-0.39, 0.29) is 16.9 Å². The zero-order chi connectivity index (χ0) is 24.1. The summed E-state index contributed by atoms with van der Waals surface area (Å²) in [6.07, 6.45) is -0.490. The zero-order valence-corrected chi connectivity index (χ0v) is 20.8. The maximum atomic E-state index is 13.1. The number of aryl methyl sites for hydroxylation is 1. The predicted octanol–water partition coefficient (Wildman–Crippen LogP) is 6.31. The summed E-state index contributed by atoms with van der Waals surface area (Å²) >= 11 is 11.4. The highest BCUT2D eigenvalue weighted by atomic mass is 35.5. The van der Waals surface area contributed by atoms with E-state index in [4.69, 9.17) is 41.9 Å². The van der Waals surface area contributed by atoms with Crippen molar-refractivity contribution in [3.05, 3.63) is 40.1 Å². The summed E-state index contributed by atoms with van der Waals surface area (Å²) in [4.78, 5) is 13.1. The fourth-order valence-corrected chi connectivity index (χ4v) is 6.47. The van der Waals surface area contributed by atoms with Gasteiger partial charge in [0.25, 0.3) is 0 Å². The van der Waals surface area contributed by atoms with Crippen molar-refractivity contribution >= 4 is 41.4 Å². The average Bonchev–Trinajstić information content (AvgIpc) is 3.27. The second-order valence-electron chi connectivity index (χ2n) is 8.93. The minimum atomic E-state index is -4.55. The number of carbonyl (C=O) groups is 1. The first-order valence-electron chi connectivity index (χ1n) is 10.7. The number of benzene rings is 1. The first-order chi connectivity index (χ1) is 15.3. The number of carbonyl (C=O) groups excluding carboxylic acids is 1. The van der Waals surface area contributed by atoms with Gasteiger partial charge in [0.15, 0.2) is 18.0 Å². The van der Waals surface area contributed by atoms with Crippen LogP contribution in [0.1, 0.15) is 49.7 Å². The number of esters is 1. The van der Waals surface area contributed by atoms with Crippen LogP contribution in [0.2, 0.25) is 5.02 Å². The van der Waals surface area contributed by atoms with Crippen LogP contribution >= 0.6 is 18.1 Å². The molecule has 182 valence electrons. The Morgan fingerprint density at radius 3 is 2.48 bits per heavy atom. The number of hydrogen-bond donors (Lipinski definition) is 0. The molecule has 1 atom stereocenters. The van der Waals surface area contributed by atoms with Crippen molar-refractivity contribution in [1.29, 1.82) is 0 Å². The number of hydrogen-bond acceptors (Lipinski definition) is 6. The molecule has 2 fully saturated rings. The molecule has 11 heteroatoms. The van der Waals surface area contributed by atoms with Crippen LogP contribution in [0.25, 0.3) is 5.57 Å². The van der Waals surface area contributed by atoms with Gasteiger partial charge in [-0.05, 0) is 80.5 Å². The van der Waals surface area contributed by atoms with Gasteiger partial charge in [0.2, 0.25) is 6.49 Å². The highest BCUT2D eigenvalue weighted by Gasteiger charge is 2.56. The summed E-state index contributed by atoms with van der Waals surface area (Å²) in [6, 6.07) is 5.01. The molecule has 5 nitrogen and oxygen atoms in total. The molecule has 1 saturated heterocycles. The molecule has 1 aromatic rings. The van der Waals surface area contributed by atoms with E-state index in [0.717, 1.165) is 12.8 Å². The van der Waals surface area contributed by atoms with Crippen LogP contribution < -0.4 is 0 Å². The molecule has 4 rings (SSSR count). The average molecular weight is 525 g/mol. The molecule has 1 aliphatic carbocycles. The topological polar surface area (TPSA) is 54.0 Å². The summed E-state index contributed by atoms with van der Waals surface area (Å²) in [7, 11) is 0. The summed E-state index contributed by atoms with van der Waals surface area (Å²) in [5.74, 6) is -0.427. The second kappa shape index (κ2) is 8.83. The maximum absolute atomic E-state index is 13.1. The summed E-state index contributed by atoms with van der Waals surface area (Å²) < 4.78 is 61.3. The molecule has 33 heavy (non-hydrogen) atoms. The lowest BCUT2D eigenvalue weighted by atomic mass is 9.73. The Morgan fingerprint density at radius 2 is 1.91 bits per heavy atom. The van der Waals surface area contributed by atoms with Crippen molar-refractivity contribution in [3.8, 4) is 0 Å². The largest absolute Gasteiger partial charge is 0.447 e. The van der Waals surface area contributed by atoms with Crippen LogP contribution in [0, 0.1) is 6.92 Å². The van der Waals surface area contributed by atoms with Gasteiger partial charge in [0.1, 0.15) is 5.57 Å². The molecule has 1 saturated carbocycles. The van der Waals surface area contributed by atoms with Crippen LogP contribution in [-0.2, 0) is 35.1 Å². The quantitative estimate of drug-likeness (QED) is 0.332. The predicted molar refractivity (Wildman–Crippen MR) is 122 cm³/mol. The third kappa shape index (κ3) is 5.27. The van der Waals surface area contributed by atoms with Crippen LogP contribution in [0.3, 0.4) is 0 Å². The standard InChI is InChI=1S/C22H25ClF3O5PS/c1-14-12-15(23)4-5-16(14)17-18(31-32(2,33)29-13-22(24,25)26)21(30-19(17)27)9-7-20(8-10-21)6-3-11-28-20/h4-5,12H,3,6-11,13H2,1-2H3. The fraction of sp³-hybridized carbons (Fsp3) is 0.591. The van der Waals surface area contributed by atoms with Gasteiger partial charge >= 0.3 is 12.1 Å². The van der Waals surface area contributed by atoms with Gasteiger partial charge in [-0.15, -0.1) is 0 Å². The molecule has 0 radical (unpaired) electrons. The number of alkyl halides is 3. The van der Waals surface area contributed by atoms with Gasteiger partial charge in [0.05, 0.1) is 5.60 Å². The van der Waals surface area contributed by atoms with Gasteiger partial charge < -0.3 is 18.5 Å². The number of rotatable bonds is 5. The van der Waals surface area contributed by atoms with Crippen LogP contribution in [0.15, 0.2) is 24.0 Å². The molecule has 1 aromatic carbocycles. The van der Waals surface area contributed by atoms with Gasteiger partial charge in [-0.1, -0.05) is 17.7 Å². The molecule has 2 heterocycles. The lowest BCUT2D eigenvalue weighted by Crippen LogP contribution is -2.44. The van der Waals surface area contributed by atoms with E-state index in [9.17, 15) is 18.0 Å². The van der Waals surface area contributed by atoms with Crippen molar-refractivity contribution in [2.45, 2.75) is 62.8 Å². The van der Waals surface area contributed by atoms with Gasteiger partial charge in [-0.2, -0.15) is 13.2 Å². The molecule has 3 aliphatic rings. The van der Waals surface area contributed by atoms with E-state index >= 15 is 0 Å². The molecule has 0 N–H and O–H groups in total. The highest BCUT2D eigenvalue weighted by Crippen LogP contribution is 2.58. The van der Waals surface area contributed by atoms with E-state index < -0.39 is 30.8 Å². The van der Waals surface area contributed by atoms with Crippen molar-refractivity contribution < 1.29 is 36.5 Å². The normalized spacial score (nSPS) is 29.6. The van der Waals surface area contributed by atoms with Crippen molar-refractivity contribution in [1.82, 2.24) is 0 Å². The van der Waals surface area contributed by atoms with E-state index in [1.54, 1.807) is 25.1 Å². The highest BCUT2D eigenvalue weighted by molar-refractivity contribution is 8.09. The molecule has 1 unspecified atom stereocenters. The van der Waals surface area contributed by atoms with E-state index in [0.29, 0.717) is 48.4 Å². The third-order valence-corrected chi connectivity index (χ3v) is 8.35. The summed E-state index contributed by atoms with van der Waals surface area (Å²) in [5, 5.41) is 0.493. The molecule has 2 aliphatic heterocycles. The Balaban J connectivity index is 1.73. The van der Waals surface area contributed by atoms with E-state index in [1.165, 1.54) is 6.66 Å². The van der Waals surface area contributed by atoms with Crippen molar-refractivity contribution in [3.63, 3.8) is 0 Å². The monoisotopic (exact) mass is 524 g/mol. The SMILES string of the molecule is Cc1cc(Cl)ccc1C1=C(OP(C)(=S)OCC(F)(F)F)C2(CCC3(CCCO3)CC2)OC1=O. The van der Waals surface area contributed by atoms with E-state index in [2.05, 4.69) is 0 Å². The number of halogens is 4. The molecular weight excluding hydrogens is 500 g/mol. The number of ether oxygens (including phenoxy) is 2. The van der Waals surface area contributed by atoms with Gasteiger partial charge in [-0.25, -0.2) is 4.79 Å². The Hall–Kier alpha value is -1.12. The lowest BCUT2D eigenvalue weighted by molar-refractivity contribution is -0.156. The zero-order valence-electron chi connectivity index (χ0n) is 18.3. The third-order valence-electron chi connectivity index (χ3n) is 6.46. The van der Waals surface area contributed by atoms with Crippen molar-refractivity contribution in [2.75, 3.05) is 19.9 Å². The minimum Gasteiger partial charge on any atom is -0.447 e. The Morgan fingerprint density at radius 1 is 1.21 bits per heavy atom. The van der Waals surface area contributed by atoms with Crippen LogP contribution in [0.4, 0.5) is 13.2 Å². The van der Waals surface area contributed by atoms with E-state index in [1.807, 2.05) is 0 Å². The summed E-state index contributed by atoms with van der Waals surface area (Å²) in [5.41, 5.74) is 0.0522. The molecule has 0 aromatic heterocycles. The molecule has 2 spiro atoms. The second-order valence-corrected chi connectivity index (χ2v) is 13.3. The first kappa shape index (κ1) is 25.0. The maximum Gasteiger partial charge on any atom is 0.412 e. The van der Waals surface area contributed by atoms with Crippen molar-refractivity contribution in [2.24, 2.45) is 0 Å². The lowest BCUT2D eigenvalue weighted by Gasteiger charge is -2.42. The Bertz CT molecular complexity index is 1030. The smallest absolute Gasteiger partial charge is 0.412 e. The van der Waals surface area contributed by atoms with Gasteiger partial charge in [0, 0.05) is 18.3 Å². The minimum absolute atomic E-state index is 0.166. The Labute approximate surface area is 200 Å². The first-order valence-corrected chi connectivity index (χ1v) is 14.2. The molecular formula is C22H25ClF3O5PS. The van der Waals surface area contributed by atoms with Crippen LogP contribution in [0.5, 0.6) is 0 Å². The summed E-state index contributed by atoms with van der Waals surface area (Å²) in [6.45, 7) is -1.12.